The van der Waals surface area contributed by atoms with Crippen LogP contribution in [0.3, 0.4) is 0 Å². The molecule has 9 nitrogen and oxygen atoms in total. The zero-order valence-electron chi connectivity index (χ0n) is 17.3. The van der Waals surface area contributed by atoms with Gasteiger partial charge in [0, 0.05) is 31.9 Å². The van der Waals surface area contributed by atoms with E-state index < -0.39 is 16.1 Å². The molecule has 160 valence electrons. The van der Waals surface area contributed by atoms with E-state index in [1.165, 1.54) is 4.31 Å². The first kappa shape index (κ1) is 22.0. The third-order valence-electron chi connectivity index (χ3n) is 5.24. The lowest BCUT2D eigenvalue weighted by atomic mass is 10.2. The van der Waals surface area contributed by atoms with Crippen molar-refractivity contribution in [2.75, 3.05) is 31.5 Å². The van der Waals surface area contributed by atoms with Crippen LogP contribution in [0.15, 0.2) is 33.7 Å². The number of nitrogens with zero attached hydrogens (tertiary/aromatic N) is 4. The molecule has 1 fully saturated rings. The number of amides is 1. The zero-order chi connectivity index (χ0) is 21.9. The predicted octanol–water partition coefficient (Wildman–Crippen LogP) is 1.89. The van der Waals surface area contributed by atoms with Crippen LogP contribution in [0.1, 0.15) is 30.4 Å². The highest BCUT2D eigenvalue weighted by atomic mass is 32.2. The highest BCUT2D eigenvalue weighted by molar-refractivity contribution is 7.89. The number of hydrogen-bond donors (Lipinski definition) is 1. The lowest BCUT2D eigenvalue weighted by Gasteiger charge is -2.27. The first-order valence-corrected chi connectivity index (χ1v) is 11.2. The van der Waals surface area contributed by atoms with Crippen molar-refractivity contribution in [1.82, 2.24) is 14.4 Å². The Balaban J connectivity index is 1.67. The van der Waals surface area contributed by atoms with Gasteiger partial charge in [-0.25, -0.2) is 8.42 Å². The predicted molar refractivity (Wildman–Crippen MR) is 110 cm³/mol. The summed E-state index contributed by atoms with van der Waals surface area (Å²) < 4.78 is 32.6. The molecular weight excluding hydrogens is 406 g/mol. The van der Waals surface area contributed by atoms with Crippen LogP contribution in [0, 0.1) is 25.2 Å². The molecule has 1 aromatic heterocycles. The summed E-state index contributed by atoms with van der Waals surface area (Å²) in [5, 5.41) is 15.6. The lowest BCUT2D eigenvalue weighted by molar-refractivity contribution is -0.120. The number of anilines is 1. The number of hydrogen-bond acceptors (Lipinski definition) is 7. The molecule has 1 aliphatic rings. The standard InChI is InChI=1S/C20H25N5O4S/c1-14-19(16(3)29-23-14)30(27,28)25-9-5-8-24(10-11-25)15(2)20(26)22-18-7-4-6-17(12-18)13-21/h4,6-7,12,15H,5,8-11H2,1-3H3,(H,22,26)/t15-/m0/s1. The number of sulfonamides is 1. The summed E-state index contributed by atoms with van der Waals surface area (Å²) in [5.74, 6) is 0.0769. The topological polar surface area (TPSA) is 120 Å². The summed E-state index contributed by atoms with van der Waals surface area (Å²) in [5.41, 5.74) is 1.37. The minimum atomic E-state index is -3.71. The molecule has 30 heavy (non-hydrogen) atoms. The van der Waals surface area contributed by atoms with Crippen molar-refractivity contribution in [3.05, 3.63) is 41.3 Å². The summed E-state index contributed by atoms with van der Waals surface area (Å²) >= 11 is 0. The van der Waals surface area contributed by atoms with Crippen LogP contribution in [0.5, 0.6) is 0 Å². The molecule has 2 heterocycles. The maximum absolute atomic E-state index is 13.1. The number of carbonyl (C=O) groups is 1. The van der Waals surface area contributed by atoms with Gasteiger partial charge in [0.25, 0.3) is 0 Å². The molecule has 0 saturated carbocycles. The second kappa shape index (κ2) is 8.95. The van der Waals surface area contributed by atoms with Gasteiger partial charge in [0.05, 0.1) is 17.7 Å². The van der Waals surface area contributed by atoms with E-state index >= 15 is 0 Å². The second-order valence-electron chi connectivity index (χ2n) is 7.30. The van der Waals surface area contributed by atoms with E-state index in [0.29, 0.717) is 43.0 Å². The fourth-order valence-electron chi connectivity index (χ4n) is 3.59. The Bertz CT molecular complexity index is 1050. The van der Waals surface area contributed by atoms with E-state index in [4.69, 9.17) is 9.78 Å². The number of nitrogens with one attached hydrogen (secondary N) is 1. The summed E-state index contributed by atoms with van der Waals surface area (Å²) in [6, 6.07) is 8.32. The van der Waals surface area contributed by atoms with Crippen LogP contribution in [-0.2, 0) is 14.8 Å². The Kier molecular flexibility index (Phi) is 6.55. The first-order chi connectivity index (χ1) is 14.2. The quantitative estimate of drug-likeness (QED) is 0.767. The van der Waals surface area contributed by atoms with Gasteiger partial charge < -0.3 is 9.84 Å². The number of rotatable bonds is 5. The minimum absolute atomic E-state index is 0.124. The third kappa shape index (κ3) is 4.53. The second-order valence-corrected chi connectivity index (χ2v) is 9.18. The minimum Gasteiger partial charge on any atom is -0.360 e. The zero-order valence-corrected chi connectivity index (χ0v) is 18.1. The lowest BCUT2D eigenvalue weighted by Crippen LogP contribution is -2.44. The average Bonchev–Trinajstić information content (AvgIpc) is 2.92. The number of benzene rings is 1. The van der Waals surface area contributed by atoms with Gasteiger partial charge in [-0.3, -0.25) is 9.69 Å². The van der Waals surface area contributed by atoms with Crippen LogP contribution in [0.4, 0.5) is 5.69 Å². The molecule has 0 bridgehead atoms. The number of carbonyl (C=O) groups excluding carboxylic acids is 1. The number of aryl methyl sites for hydroxylation is 2. The summed E-state index contributed by atoms with van der Waals surface area (Å²) in [6.07, 6.45) is 0.601. The number of aromatic nitrogens is 1. The van der Waals surface area contributed by atoms with Gasteiger partial charge >= 0.3 is 0 Å². The van der Waals surface area contributed by atoms with E-state index in [2.05, 4.69) is 10.5 Å². The summed E-state index contributed by atoms with van der Waals surface area (Å²) in [7, 11) is -3.71. The van der Waals surface area contributed by atoms with Crippen molar-refractivity contribution in [1.29, 1.82) is 5.26 Å². The van der Waals surface area contributed by atoms with Crippen LogP contribution in [0.25, 0.3) is 0 Å². The van der Waals surface area contributed by atoms with Crippen molar-refractivity contribution >= 4 is 21.6 Å². The normalized spacial score (nSPS) is 17.1. The van der Waals surface area contributed by atoms with Crippen molar-refractivity contribution in [2.24, 2.45) is 0 Å². The van der Waals surface area contributed by atoms with Crippen molar-refractivity contribution < 1.29 is 17.7 Å². The fraction of sp³-hybridized carbons (Fsp3) is 0.450. The molecule has 10 heteroatoms. The van der Waals surface area contributed by atoms with Gasteiger partial charge in [0.1, 0.15) is 10.6 Å². The van der Waals surface area contributed by atoms with E-state index in [1.807, 2.05) is 11.0 Å². The van der Waals surface area contributed by atoms with Gasteiger partial charge in [-0.1, -0.05) is 11.2 Å². The molecule has 1 amide bonds. The van der Waals surface area contributed by atoms with E-state index in [0.717, 1.165) is 0 Å². The van der Waals surface area contributed by atoms with Gasteiger partial charge in [-0.05, 0) is 45.4 Å². The van der Waals surface area contributed by atoms with E-state index in [1.54, 1.807) is 45.0 Å². The Hall–Kier alpha value is -2.74. The Morgan fingerprint density at radius 3 is 2.70 bits per heavy atom. The molecule has 1 aliphatic heterocycles. The van der Waals surface area contributed by atoms with Crippen LogP contribution in [-0.4, -0.2) is 60.9 Å². The van der Waals surface area contributed by atoms with Gasteiger partial charge in [0.2, 0.25) is 15.9 Å². The molecule has 1 saturated heterocycles. The van der Waals surface area contributed by atoms with E-state index in [9.17, 15) is 13.2 Å². The maximum atomic E-state index is 13.1. The SMILES string of the molecule is Cc1noc(C)c1S(=O)(=O)N1CCCN([C@@H](C)C(=O)Nc2cccc(C#N)c2)CC1. The molecular formula is C20H25N5O4S. The largest absolute Gasteiger partial charge is 0.360 e. The van der Waals surface area contributed by atoms with Crippen molar-refractivity contribution in [3.63, 3.8) is 0 Å². The van der Waals surface area contributed by atoms with Gasteiger partial charge in [-0.15, -0.1) is 0 Å². The van der Waals surface area contributed by atoms with Crippen LogP contribution in [0.2, 0.25) is 0 Å². The molecule has 0 radical (unpaired) electrons. The van der Waals surface area contributed by atoms with Crippen molar-refractivity contribution in [2.45, 2.75) is 38.1 Å². The molecule has 0 aliphatic carbocycles. The van der Waals surface area contributed by atoms with Crippen LogP contribution < -0.4 is 5.32 Å². The molecule has 1 aromatic carbocycles. The smallest absolute Gasteiger partial charge is 0.248 e. The molecule has 2 aromatic rings. The van der Waals surface area contributed by atoms with Gasteiger partial charge in [0.15, 0.2) is 5.76 Å². The number of nitriles is 1. The molecule has 1 atom stereocenters. The van der Waals surface area contributed by atoms with Crippen LogP contribution >= 0.6 is 0 Å². The Labute approximate surface area is 176 Å². The molecule has 3 rings (SSSR count). The van der Waals surface area contributed by atoms with Crippen molar-refractivity contribution in [3.8, 4) is 6.07 Å². The molecule has 1 N–H and O–H groups in total. The molecule has 0 unspecified atom stereocenters. The Morgan fingerprint density at radius 2 is 2.03 bits per heavy atom. The molecule has 0 spiro atoms. The summed E-state index contributed by atoms with van der Waals surface area (Å²) in [4.78, 5) is 14.8. The Morgan fingerprint density at radius 1 is 1.27 bits per heavy atom. The highest BCUT2D eigenvalue weighted by Crippen LogP contribution is 2.24. The fourth-order valence-corrected chi connectivity index (χ4v) is 5.35. The van der Waals surface area contributed by atoms with E-state index in [-0.39, 0.29) is 23.1 Å². The maximum Gasteiger partial charge on any atom is 0.248 e. The van der Waals surface area contributed by atoms with Gasteiger partial charge in [-0.2, -0.15) is 9.57 Å². The highest BCUT2D eigenvalue weighted by Gasteiger charge is 2.33. The summed E-state index contributed by atoms with van der Waals surface area (Å²) in [6.45, 7) is 6.65. The first-order valence-electron chi connectivity index (χ1n) is 9.72. The monoisotopic (exact) mass is 431 g/mol. The average molecular weight is 432 g/mol. The third-order valence-corrected chi connectivity index (χ3v) is 7.39.